The van der Waals surface area contributed by atoms with E-state index in [9.17, 15) is 18.0 Å². The first-order chi connectivity index (χ1) is 18.9. The van der Waals surface area contributed by atoms with E-state index < -0.39 is 28.5 Å². The van der Waals surface area contributed by atoms with Crippen molar-refractivity contribution >= 4 is 43.5 Å². The van der Waals surface area contributed by atoms with E-state index in [2.05, 4.69) is 21.2 Å². The largest absolute Gasteiger partial charge is 0.495 e. The number of hydrogen-bond donors (Lipinski definition) is 1. The summed E-state index contributed by atoms with van der Waals surface area (Å²) in [5.41, 5.74) is 2.73. The second-order valence-electron chi connectivity index (χ2n) is 9.97. The van der Waals surface area contributed by atoms with Crippen LogP contribution in [0.3, 0.4) is 0 Å². The highest BCUT2D eigenvalue weighted by Crippen LogP contribution is 2.31. The molecule has 8 nitrogen and oxygen atoms in total. The fourth-order valence-electron chi connectivity index (χ4n) is 4.36. The Morgan fingerprint density at radius 3 is 2.25 bits per heavy atom. The van der Waals surface area contributed by atoms with Crippen LogP contribution in [0.2, 0.25) is 0 Å². The van der Waals surface area contributed by atoms with Crippen LogP contribution in [-0.4, -0.2) is 57.1 Å². The number of rotatable bonds is 12. The molecule has 1 N–H and O–H groups in total. The zero-order chi connectivity index (χ0) is 29.4. The number of ether oxygens (including phenoxy) is 1. The van der Waals surface area contributed by atoms with Gasteiger partial charge >= 0.3 is 0 Å². The number of hydrogen-bond acceptors (Lipinski definition) is 5. The third-order valence-electron chi connectivity index (χ3n) is 6.23. The van der Waals surface area contributed by atoms with E-state index >= 15 is 0 Å². The molecule has 10 heteroatoms. The van der Waals surface area contributed by atoms with Crippen molar-refractivity contribution in [3.05, 3.63) is 94.0 Å². The van der Waals surface area contributed by atoms with Crippen molar-refractivity contribution in [1.82, 2.24) is 10.2 Å². The summed E-state index contributed by atoms with van der Waals surface area (Å²) < 4.78 is 33.4. The Morgan fingerprint density at radius 1 is 0.975 bits per heavy atom. The van der Waals surface area contributed by atoms with Gasteiger partial charge in [0.05, 0.1) is 19.1 Å². The van der Waals surface area contributed by atoms with Gasteiger partial charge in [0.25, 0.3) is 0 Å². The van der Waals surface area contributed by atoms with Crippen LogP contribution in [0.5, 0.6) is 5.75 Å². The summed E-state index contributed by atoms with van der Waals surface area (Å²) in [7, 11) is -2.45. The lowest BCUT2D eigenvalue weighted by Crippen LogP contribution is -2.54. The van der Waals surface area contributed by atoms with E-state index in [1.807, 2.05) is 75.4 Å². The number of carbonyl (C=O) groups excluding carboxylic acids is 2. The van der Waals surface area contributed by atoms with Gasteiger partial charge in [-0.3, -0.25) is 13.9 Å². The summed E-state index contributed by atoms with van der Waals surface area (Å²) in [6.45, 7) is 5.13. The van der Waals surface area contributed by atoms with Crippen LogP contribution >= 0.6 is 15.9 Å². The second kappa shape index (κ2) is 13.8. The summed E-state index contributed by atoms with van der Waals surface area (Å²) in [4.78, 5) is 29.2. The number of sulfonamides is 1. The zero-order valence-electron chi connectivity index (χ0n) is 23.4. The van der Waals surface area contributed by atoms with E-state index in [0.717, 1.165) is 31.7 Å². The van der Waals surface area contributed by atoms with Gasteiger partial charge in [-0.25, -0.2) is 8.42 Å². The SMILES string of the molecule is COc1ccc(C)cc1N(CC(=O)N(Cc1cccc(Br)c1)[C@@H](Cc1ccccc1)C(=O)NC(C)C)S(C)(=O)=O. The van der Waals surface area contributed by atoms with Gasteiger partial charge in [-0.1, -0.05) is 64.5 Å². The number of nitrogens with zero attached hydrogens (tertiary/aromatic N) is 2. The lowest BCUT2D eigenvalue weighted by molar-refractivity contribution is -0.140. The first-order valence-electron chi connectivity index (χ1n) is 12.9. The molecule has 40 heavy (non-hydrogen) atoms. The lowest BCUT2D eigenvalue weighted by Gasteiger charge is -2.34. The molecule has 0 fully saturated rings. The maximum Gasteiger partial charge on any atom is 0.244 e. The van der Waals surface area contributed by atoms with Crippen molar-refractivity contribution in [3.63, 3.8) is 0 Å². The Labute approximate surface area is 245 Å². The fraction of sp³-hybridized carbons (Fsp3) is 0.333. The smallest absolute Gasteiger partial charge is 0.244 e. The molecule has 0 saturated heterocycles. The van der Waals surface area contributed by atoms with E-state index in [-0.39, 0.29) is 30.6 Å². The Bertz CT molecular complexity index is 1430. The molecule has 3 rings (SSSR count). The maximum absolute atomic E-state index is 14.2. The molecule has 0 radical (unpaired) electrons. The molecule has 3 aromatic carbocycles. The molecule has 0 saturated carbocycles. The lowest BCUT2D eigenvalue weighted by atomic mass is 10.0. The number of methoxy groups -OCH3 is 1. The summed E-state index contributed by atoms with van der Waals surface area (Å²) in [5, 5.41) is 2.94. The number of benzene rings is 3. The van der Waals surface area contributed by atoms with Crippen molar-refractivity contribution in [3.8, 4) is 5.75 Å². The molecule has 214 valence electrons. The van der Waals surface area contributed by atoms with Gasteiger partial charge in [0.15, 0.2) is 0 Å². The first kappa shape index (κ1) is 31.2. The van der Waals surface area contributed by atoms with Gasteiger partial charge in [0.2, 0.25) is 21.8 Å². The van der Waals surface area contributed by atoms with Crippen LogP contribution in [-0.2, 0) is 32.6 Å². The molecule has 0 unspecified atom stereocenters. The van der Waals surface area contributed by atoms with Crippen LogP contribution in [0, 0.1) is 6.92 Å². The minimum atomic E-state index is -3.90. The normalized spacial score (nSPS) is 12.1. The third-order valence-corrected chi connectivity index (χ3v) is 7.85. The number of halogens is 1. The Morgan fingerprint density at radius 2 is 1.65 bits per heavy atom. The quantitative estimate of drug-likeness (QED) is 0.313. The fourth-order valence-corrected chi connectivity index (χ4v) is 5.65. The van der Waals surface area contributed by atoms with Crippen molar-refractivity contribution in [1.29, 1.82) is 0 Å². The predicted octanol–water partition coefficient (Wildman–Crippen LogP) is 4.70. The first-order valence-corrected chi connectivity index (χ1v) is 15.5. The average molecular weight is 631 g/mol. The average Bonchev–Trinajstić information content (AvgIpc) is 2.88. The van der Waals surface area contributed by atoms with Gasteiger partial charge in [-0.2, -0.15) is 0 Å². The molecular formula is C30H36BrN3O5S. The van der Waals surface area contributed by atoms with Crippen LogP contribution in [0.25, 0.3) is 0 Å². The number of anilines is 1. The molecule has 1 atom stereocenters. The van der Waals surface area contributed by atoms with Crippen molar-refractivity contribution in [2.24, 2.45) is 0 Å². The molecule has 0 aliphatic heterocycles. The standard InChI is InChI=1S/C30H36BrN3O5S/c1-21(2)32-30(36)27(18-23-10-7-6-8-11-23)33(19-24-12-9-13-25(31)17-24)29(35)20-34(40(5,37)38)26-16-22(3)14-15-28(26)39-4/h6-17,21,27H,18-20H2,1-5H3,(H,32,36)/t27-/m0/s1. The van der Waals surface area contributed by atoms with Gasteiger partial charge in [0.1, 0.15) is 18.3 Å². The van der Waals surface area contributed by atoms with E-state index in [1.165, 1.54) is 12.0 Å². The minimum Gasteiger partial charge on any atom is -0.495 e. The van der Waals surface area contributed by atoms with Crippen LogP contribution in [0.1, 0.15) is 30.5 Å². The van der Waals surface area contributed by atoms with Crippen LogP contribution in [0.4, 0.5) is 5.69 Å². The maximum atomic E-state index is 14.2. The number of aryl methyl sites for hydroxylation is 1. The third kappa shape index (κ3) is 8.56. The van der Waals surface area contributed by atoms with Gasteiger partial charge in [-0.15, -0.1) is 0 Å². The van der Waals surface area contributed by atoms with Crippen molar-refractivity contribution < 1.29 is 22.7 Å². The Hall–Kier alpha value is -3.37. The van der Waals surface area contributed by atoms with Crippen LogP contribution < -0.4 is 14.4 Å². The molecule has 3 aromatic rings. The monoisotopic (exact) mass is 629 g/mol. The molecule has 0 bridgehead atoms. The predicted molar refractivity (Wildman–Crippen MR) is 162 cm³/mol. The topological polar surface area (TPSA) is 96.0 Å². The zero-order valence-corrected chi connectivity index (χ0v) is 25.8. The number of amides is 2. The van der Waals surface area contributed by atoms with Gasteiger partial charge in [0, 0.05) is 23.5 Å². The van der Waals surface area contributed by atoms with Gasteiger partial charge in [-0.05, 0) is 61.7 Å². The molecular weight excluding hydrogens is 594 g/mol. The highest BCUT2D eigenvalue weighted by atomic mass is 79.9. The number of nitrogens with one attached hydrogen (secondary N) is 1. The van der Waals surface area contributed by atoms with Crippen LogP contribution in [0.15, 0.2) is 77.3 Å². The molecule has 0 heterocycles. The summed E-state index contributed by atoms with van der Waals surface area (Å²) in [6, 6.07) is 21.0. The summed E-state index contributed by atoms with van der Waals surface area (Å²) >= 11 is 3.48. The van der Waals surface area contributed by atoms with E-state index in [0.29, 0.717) is 5.75 Å². The molecule has 0 spiro atoms. The Kier molecular flexibility index (Phi) is 10.8. The summed E-state index contributed by atoms with van der Waals surface area (Å²) in [6.07, 6.45) is 1.30. The summed E-state index contributed by atoms with van der Waals surface area (Å²) in [5.74, 6) is -0.518. The molecule has 2 amide bonds. The highest BCUT2D eigenvalue weighted by molar-refractivity contribution is 9.10. The minimum absolute atomic E-state index is 0.101. The second-order valence-corrected chi connectivity index (χ2v) is 12.8. The van der Waals surface area contributed by atoms with E-state index in [1.54, 1.807) is 18.2 Å². The molecule has 0 aliphatic carbocycles. The molecule has 0 aliphatic rings. The molecule has 0 aromatic heterocycles. The highest BCUT2D eigenvalue weighted by Gasteiger charge is 2.34. The van der Waals surface area contributed by atoms with Crippen molar-refractivity contribution in [2.75, 3.05) is 24.2 Å². The number of carbonyl (C=O) groups is 2. The van der Waals surface area contributed by atoms with E-state index in [4.69, 9.17) is 4.74 Å². The van der Waals surface area contributed by atoms with Crippen molar-refractivity contribution in [2.45, 2.75) is 45.8 Å². The Balaban J connectivity index is 2.10. The van der Waals surface area contributed by atoms with Gasteiger partial charge < -0.3 is 15.0 Å².